The predicted octanol–water partition coefficient (Wildman–Crippen LogP) is 4.88. The third-order valence-electron chi connectivity index (χ3n) is 9.42. The number of ether oxygens (including phenoxy) is 3. The first-order chi connectivity index (χ1) is 30.9. The fraction of sp³-hybridized carbons (Fsp3) is 0.714. The molecule has 6 N–H and O–H groups in total. The fourth-order valence-corrected chi connectivity index (χ4v) is 6.02. The lowest BCUT2D eigenvalue weighted by Crippen LogP contribution is -2.60. The summed E-state index contributed by atoms with van der Waals surface area (Å²) in [7, 11) is 0. The van der Waals surface area contributed by atoms with Crippen LogP contribution in [0, 0.1) is 23.7 Å². The van der Waals surface area contributed by atoms with Gasteiger partial charge < -0.3 is 35.1 Å². The number of nitrogens with one attached hydrogen (secondary N) is 4. The van der Waals surface area contributed by atoms with E-state index >= 15 is 0 Å². The highest BCUT2D eigenvalue weighted by Crippen LogP contribution is 2.27. The smallest absolute Gasteiger partial charge is 0.325 e. The van der Waals surface area contributed by atoms with Gasteiger partial charge in [-0.05, 0) is 79.1 Å². The van der Waals surface area contributed by atoms with Gasteiger partial charge in [0.25, 0.3) is 17.7 Å². The first-order valence-electron chi connectivity index (χ1n) is 21.5. The number of carbonyl (C=O) groups is 8. The Bertz CT molecular complexity index is 1710. The molecule has 67 heavy (non-hydrogen) atoms. The molecule has 4 amide bonds. The minimum atomic E-state index is -1.74. The molecule has 384 valence electrons. The molecular weight excluding hydrogens is 1010 g/mol. The first kappa shape index (κ1) is 63.9. The van der Waals surface area contributed by atoms with E-state index in [4.69, 9.17) is 88.9 Å². The summed E-state index contributed by atoms with van der Waals surface area (Å²) >= 11 is 33.4. The number of hydrogen-bond donors (Lipinski definition) is 6. The molecule has 2 aliphatic heterocycles. The van der Waals surface area contributed by atoms with Crippen LogP contribution in [-0.4, -0.2) is 138 Å². The molecule has 2 fully saturated rings. The Balaban J connectivity index is 0.00000114. The van der Waals surface area contributed by atoms with E-state index in [2.05, 4.69) is 21.5 Å². The highest BCUT2D eigenvalue weighted by atomic mass is 35.6. The van der Waals surface area contributed by atoms with Gasteiger partial charge in [0.1, 0.15) is 43.5 Å². The van der Waals surface area contributed by atoms with Crippen molar-refractivity contribution in [3.8, 4) is 0 Å². The van der Waals surface area contributed by atoms with Crippen molar-refractivity contribution in [2.75, 3.05) is 26.3 Å². The SMILES string of the molecule is C/C=C/[C@@H](C)C(=O)O.C/C=C/[C@@H](C)C(=O)O[C@H](C(=O)N[C@@H](C)C(=O)N1CCC[C@@H](C(=O)OCC(Cl)(Cl)Cl)N1)C(C)C.CC(C)[C@H](O)C(=O)N[C@@H](C)C(=O)N1CCC[C@@H](C(=O)OCC(Cl)(Cl)Cl)N1. The molecule has 0 aromatic rings. The van der Waals surface area contributed by atoms with Crippen LogP contribution in [0.25, 0.3) is 0 Å². The zero-order chi connectivity index (χ0) is 52.0. The van der Waals surface area contributed by atoms with Crippen molar-refractivity contribution in [1.29, 1.82) is 0 Å². The second-order valence-corrected chi connectivity index (χ2v) is 21.3. The number of aliphatic hydroxyl groups is 1. The zero-order valence-electron chi connectivity index (χ0n) is 39.3. The van der Waals surface area contributed by atoms with Gasteiger partial charge in [-0.25, -0.2) is 10.9 Å². The summed E-state index contributed by atoms with van der Waals surface area (Å²) in [5, 5.41) is 25.5. The number of carboxylic acid groups (broad SMARTS) is 1. The highest BCUT2D eigenvalue weighted by Gasteiger charge is 2.36. The van der Waals surface area contributed by atoms with Gasteiger partial charge in [0, 0.05) is 13.1 Å². The molecule has 0 spiro atoms. The molecular formula is C42H66Cl6N6O13. The van der Waals surface area contributed by atoms with Crippen LogP contribution in [-0.2, 0) is 52.6 Å². The largest absolute Gasteiger partial charge is 0.481 e. The van der Waals surface area contributed by atoms with E-state index in [0.717, 1.165) is 0 Å². The summed E-state index contributed by atoms with van der Waals surface area (Å²) in [4.78, 5) is 96.4. The Labute approximate surface area is 422 Å². The molecule has 0 saturated carbocycles. The number of aliphatic carboxylic acids is 1. The Hall–Kier alpha value is -3.14. The number of carbonyl (C=O) groups excluding carboxylic acids is 7. The Morgan fingerprint density at radius 1 is 0.657 bits per heavy atom. The molecule has 19 nitrogen and oxygen atoms in total. The van der Waals surface area contributed by atoms with Crippen LogP contribution >= 0.6 is 69.6 Å². The maximum Gasteiger partial charge on any atom is 0.325 e. The number of alkyl halides is 6. The van der Waals surface area contributed by atoms with Crippen molar-refractivity contribution in [2.24, 2.45) is 23.7 Å². The number of hydrazine groups is 2. The normalized spacial score (nSPS) is 19.3. The third-order valence-corrected chi connectivity index (χ3v) is 10.1. The zero-order valence-corrected chi connectivity index (χ0v) is 43.8. The molecule has 2 saturated heterocycles. The van der Waals surface area contributed by atoms with Crippen LogP contribution < -0.4 is 21.5 Å². The highest BCUT2D eigenvalue weighted by molar-refractivity contribution is 6.68. The molecule has 0 radical (unpaired) electrons. The second-order valence-electron chi connectivity index (χ2n) is 16.3. The lowest BCUT2D eigenvalue weighted by Gasteiger charge is -2.34. The van der Waals surface area contributed by atoms with E-state index in [1.807, 2.05) is 0 Å². The molecule has 0 aliphatic carbocycles. The molecule has 8 atom stereocenters. The van der Waals surface area contributed by atoms with Gasteiger partial charge in [0.15, 0.2) is 6.10 Å². The van der Waals surface area contributed by atoms with Gasteiger partial charge in [-0.1, -0.05) is 122 Å². The summed E-state index contributed by atoms with van der Waals surface area (Å²) in [5.41, 5.74) is 5.55. The van der Waals surface area contributed by atoms with Crippen molar-refractivity contribution >= 4 is 117 Å². The summed E-state index contributed by atoms with van der Waals surface area (Å²) in [6.07, 6.45) is 6.48. The Kier molecular flexibility index (Phi) is 29.7. The van der Waals surface area contributed by atoms with Crippen LogP contribution in [0.3, 0.4) is 0 Å². The van der Waals surface area contributed by atoms with Crippen LogP contribution in [0.1, 0.15) is 94.9 Å². The van der Waals surface area contributed by atoms with Crippen LogP contribution in [0.2, 0.25) is 0 Å². The standard InChI is InChI=1S/C21H32Cl3N3O6.C15H24Cl3N3O5.C6H10O2/c1-6-8-13(4)19(30)33-16(12(2)3)17(28)25-14(5)18(29)27-10-7-9-15(26-27)20(31)32-11-21(22,23)24;1-8(2)11(22)12(23)19-9(3)13(24)21-6-4-5-10(20-21)14(25)26-7-15(16,17)18;1-3-4-5(2)6(7)8/h6,8,12-16,26H,7,9-11H2,1-5H3,(H,25,28);8-11,20,22H,4-7H2,1-3H3,(H,19,23);3-5H,1-2H3,(H,7,8)/b8-6+;;4-3+/t13-,14+,15+,16+;9-,10-,11-;5-/m101/s1. The number of allylic oxidation sites excluding steroid dienone is 2. The molecule has 0 aromatic carbocycles. The quantitative estimate of drug-likeness (QED) is 0.0491. The van der Waals surface area contributed by atoms with Gasteiger partial charge in [-0.3, -0.25) is 48.4 Å². The van der Waals surface area contributed by atoms with Gasteiger partial charge in [-0.15, -0.1) is 0 Å². The lowest BCUT2D eigenvalue weighted by molar-refractivity contribution is -0.161. The maximum absolute atomic E-state index is 12.8. The average molecular weight is 1080 g/mol. The van der Waals surface area contributed by atoms with Crippen LogP contribution in [0.5, 0.6) is 0 Å². The Morgan fingerprint density at radius 3 is 1.37 bits per heavy atom. The number of amides is 4. The lowest BCUT2D eigenvalue weighted by atomic mass is 10.1. The number of rotatable bonds is 17. The van der Waals surface area contributed by atoms with Crippen LogP contribution in [0.15, 0.2) is 24.3 Å². The molecule has 0 unspecified atom stereocenters. The number of halogens is 6. The summed E-state index contributed by atoms with van der Waals surface area (Å²) < 4.78 is 11.8. The summed E-state index contributed by atoms with van der Waals surface area (Å²) in [5.74, 6) is -6.14. The average Bonchev–Trinajstić information content (AvgIpc) is 3.25. The van der Waals surface area contributed by atoms with Gasteiger partial charge >= 0.3 is 23.9 Å². The predicted molar refractivity (Wildman–Crippen MR) is 255 cm³/mol. The van der Waals surface area contributed by atoms with Crippen molar-refractivity contribution in [3.05, 3.63) is 24.3 Å². The van der Waals surface area contributed by atoms with E-state index in [1.54, 1.807) is 79.7 Å². The van der Waals surface area contributed by atoms with Gasteiger partial charge in [-0.2, -0.15) is 0 Å². The number of aliphatic hydroxyl groups excluding tert-OH is 1. The maximum atomic E-state index is 12.8. The monoisotopic (exact) mass is 1070 g/mol. The number of esters is 3. The van der Waals surface area contributed by atoms with Gasteiger partial charge in [0.05, 0.1) is 11.8 Å². The first-order valence-corrected chi connectivity index (χ1v) is 23.7. The summed E-state index contributed by atoms with van der Waals surface area (Å²) in [6, 6.07) is -3.37. The van der Waals surface area contributed by atoms with E-state index in [-0.39, 0.29) is 17.8 Å². The van der Waals surface area contributed by atoms with E-state index in [1.165, 1.54) is 23.9 Å². The van der Waals surface area contributed by atoms with Crippen molar-refractivity contribution in [2.45, 2.75) is 139 Å². The molecule has 2 heterocycles. The van der Waals surface area contributed by atoms with E-state index in [9.17, 15) is 43.5 Å². The molecule has 25 heteroatoms. The summed E-state index contributed by atoms with van der Waals surface area (Å²) in [6.45, 7) is 16.6. The fourth-order valence-electron chi connectivity index (χ4n) is 5.69. The molecule has 2 aliphatic rings. The van der Waals surface area contributed by atoms with E-state index in [0.29, 0.717) is 38.8 Å². The Morgan fingerprint density at radius 2 is 1.04 bits per heavy atom. The minimum Gasteiger partial charge on any atom is -0.481 e. The topological polar surface area (TPSA) is 259 Å². The van der Waals surface area contributed by atoms with Crippen molar-refractivity contribution < 1.29 is 62.8 Å². The minimum absolute atomic E-state index is 0.275. The van der Waals surface area contributed by atoms with E-state index < -0.39 is 111 Å². The van der Waals surface area contributed by atoms with Crippen molar-refractivity contribution in [3.63, 3.8) is 0 Å². The van der Waals surface area contributed by atoms with Crippen molar-refractivity contribution in [1.82, 2.24) is 31.5 Å². The van der Waals surface area contributed by atoms with Crippen LogP contribution in [0.4, 0.5) is 0 Å². The molecule has 2 rings (SSSR count). The number of carboxylic acids is 1. The number of nitrogens with zero attached hydrogens (tertiary/aromatic N) is 2. The van der Waals surface area contributed by atoms with Gasteiger partial charge in [0.2, 0.25) is 13.5 Å². The second kappa shape index (κ2) is 31.2. The number of hydrogen-bond acceptors (Lipinski definition) is 14. The molecule has 0 bridgehead atoms. The third kappa shape index (κ3) is 25.9. The molecule has 0 aromatic heterocycles.